The van der Waals surface area contributed by atoms with Gasteiger partial charge in [-0.2, -0.15) is 0 Å². The molecular weight excluding hydrogens is 359 g/mol. The highest BCUT2D eigenvalue weighted by Crippen LogP contribution is 2.21. The Morgan fingerprint density at radius 2 is 1.93 bits per heavy atom. The van der Waals surface area contributed by atoms with Gasteiger partial charge in [0, 0.05) is 5.56 Å². The van der Waals surface area contributed by atoms with Gasteiger partial charge >= 0.3 is 0 Å². The van der Waals surface area contributed by atoms with Crippen molar-refractivity contribution in [1.29, 1.82) is 0 Å². The van der Waals surface area contributed by atoms with E-state index >= 15 is 0 Å². The molecule has 3 aromatic rings. The van der Waals surface area contributed by atoms with Crippen LogP contribution in [0.3, 0.4) is 0 Å². The van der Waals surface area contributed by atoms with E-state index in [9.17, 15) is 9.18 Å². The van der Waals surface area contributed by atoms with Crippen LogP contribution in [0.4, 0.5) is 4.39 Å². The zero-order chi connectivity index (χ0) is 20.1. The fourth-order valence-corrected chi connectivity index (χ4v) is 2.76. The van der Waals surface area contributed by atoms with Gasteiger partial charge in [0.1, 0.15) is 24.5 Å². The highest BCUT2D eigenvalue weighted by Gasteiger charge is 2.10. The molecule has 0 radical (unpaired) electrons. The minimum absolute atomic E-state index is 0.195. The Labute approximate surface area is 162 Å². The molecule has 0 aliphatic rings. The van der Waals surface area contributed by atoms with Crippen LogP contribution >= 0.6 is 0 Å². The first-order chi connectivity index (χ1) is 13.5. The Bertz CT molecular complexity index is 1040. The van der Waals surface area contributed by atoms with Crippen LogP contribution in [-0.2, 0) is 17.8 Å². The molecule has 0 atom stereocenters. The largest absolute Gasteiger partial charge is 0.497 e. The summed E-state index contributed by atoms with van der Waals surface area (Å²) in [5, 5.41) is 0. The number of rotatable bonds is 7. The van der Waals surface area contributed by atoms with Crippen molar-refractivity contribution in [3.8, 4) is 11.6 Å². The molecule has 3 rings (SSSR count). The van der Waals surface area contributed by atoms with E-state index in [0.29, 0.717) is 5.76 Å². The van der Waals surface area contributed by atoms with Crippen LogP contribution in [0.25, 0.3) is 11.4 Å². The maximum absolute atomic E-state index is 13.0. The standard InChI is InChI=1S/C22H21FN2O3/c1-4-17-7-8-18(15(2)27-3)11-20(17)25-14-24-21(12-22(25)26)28-13-16-5-9-19(23)10-6-16/h5-12,14H,2,4,13H2,1,3H3. The average Bonchev–Trinajstić information content (AvgIpc) is 2.72. The van der Waals surface area contributed by atoms with Crippen LogP contribution in [0.2, 0.25) is 0 Å². The monoisotopic (exact) mass is 380 g/mol. The van der Waals surface area contributed by atoms with Crippen molar-refractivity contribution in [3.63, 3.8) is 0 Å². The third-order valence-electron chi connectivity index (χ3n) is 4.38. The highest BCUT2D eigenvalue weighted by molar-refractivity contribution is 5.61. The lowest BCUT2D eigenvalue weighted by Crippen LogP contribution is -2.19. The lowest BCUT2D eigenvalue weighted by molar-refractivity contribution is 0.292. The Balaban J connectivity index is 1.87. The quantitative estimate of drug-likeness (QED) is 0.579. The predicted molar refractivity (Wildman–Crippen MR) is 106 cm³/mol. The molecule has 2 aromatic carbocycles. The fourth-order valence-electron chi connectivity index (χ4n) is 2.76. The molecule has 1 aromatic heterocycles. The number of hydrogen-bond donors (Lipinski definition) is 0. The number of methoxy groups -OCH3 is 1. The molecule has 0 fully saturated rings. The second-order valence-electron chi connectivity index (χ2n) is 6.17. The van der Waals surface area contributed by atoms with E-state index in [0.717, 1.165) is 28.8 Å². The maximum atomic E-state index is 13.0. The van der Waals surface area contributed by atoms with Crippen molar-refractivity contribution >= 4 is 5.76 Å². The second-order valence-corrected chi connectivity index (χ2v) is 6.17. The van der Waals surface area contributed by atoms with Gasteiger partial charge < -0.3 is 9.47 Å². The van der Waals surface area contributed by atoms with Crippen LogP contribution in [0.5, 0.6) is 5.88 Å². The summed E-state index contributed by atoms with van der Waals surface area (Å²) in [6, 6.07) is 13.0. The van der Waals surface area contributed by atoms with E-state index in [1.165, 1.54) is 29.1 Å². The summed E-state index contributed by atoms with van der Waals surface area (Å²) >= 11 is 0. The van der Waals surface area contributed by atoms with E-state index in [-0.39, 0.29) is 23.9 Å². The summed E-state index contributed by atoms with van der Waals surface area (Å²) in [6.07, 6.45) is 2.19. The van der Waals surface area contributed by atoms with Crippen molar-refractivity contribution in [2.75, 3.05) is 7.11 Å². The summed E-state index contributed by atoms with van der Waals surface area (Å²) in [5.74, 6) is 0.417. The Kier molecular flexibility index (Phi) is 5.89. The zero-order valence-electron chi connectivity index (χ0n) is 15.8. The van der Waals surface area contributed by atoms with E-state index in [2.05, 4.69) is 11.6 Å². The van der Waals surface area contributed by atoms with E-state index in [4.69, 9.17) is 9.47 Å². The molecule has 0 amide bonds. The van der Waals surface area contributed by atoms with Gasteiger partial charge in [-0.3, -0.25) is 9.36 Å². The molecule has 28 heavy (non-hydrogen) atoms. The molecule has 0 spiro atoms. The predicted octanol–water partition coefficient (Wildman–Crippen LogP) is 4.13. The topological polar surface area (TPSA) is 53.4 Å². The number of ether oxygens (including phenoxy) is 2. The molecule has 5 nitrogen and oxygen atoms in total. The SMILES string of the molecule is C=C(OC)c1ccc(CC)c(-n2cnc(OCc3ccc(F)cc3)cc2=O)c1. The normalized spacial score (nSPS) is 10.5. The third-order valence-corrected chi connectivity index (χ3v) is 4.38. The van der Waals surface area contributed by atoms with Crippen molar-refractivity contribution in [1.82, 2.24) is 9.55 Å². The third kappa shape index (κ3) is 4.28. The maximum Gasteiger partial charge on any atom is 0.261 e. The molecule has 0 aliphatic heterocycles. The Hall–Kier alpha value is -3.41. The first-order valence-electron chi connectivity index (χ1n) is 8.84. The lowest BCUT2D eigenvalue weighted by Gasteiger charge is -2.14. The van der Waals surface area contributed by atoms with Gasteiger partial charge in [0.25, 0.3) is 5.56 Å². The number of benzene rings is 2. The lowest BCUT2D eigenvalue weighted by atomic mass is 10.1. The molecule has 0 saturated heterocycles. The minimum atomic E-state index is -0.311. The summed E-state index contributed by atoms with van der Waals surface area (Å²) in [5.41, 5.74) is 3.03. The van der Waals surface area contributed by atoms with Gasteiger partial charge in [-0.15, -0.1) is 0 Å². The average molecular weight is 380 g/mol. The van der Waals surface area contributed by atoms with Gasteiger partial charge in [0.2, 0.25) is 5.88 Å². The number of hydrogen-bond acceptors (Lipinski definition) is 4. The van der Waals surface area contributed by atoms with Gasteiger partial charge in [0.05, 0.1) is 18.9 Å². The molecule has 0 saturated carbocycles. The molecular formula is C22H21FN2O3. The van der Waals surface area contributed by atoms with E-state index < -0.39 is 0 Å². The first kappa shape index (κ1) is 19.4. The van der Waals surface area contributed by atoms with E-state index in [1.807, 2.05) is 25.1 Å². The van der Waals surface area contributed by atoms with Gasteiger partial charge in [-0.1, -0.05) is 37.8 Å². The van der Waals surface area contributed by atoms with Crippen molar-refractivity contribution in [2.24, 2.45) is 0 Å². The highest BCUT2D eigenvalue weighted by atomic mass is 19.1. The number of nitrogens with zero attached hydrogens (tertiary/aromatic N) is 2. The molecule has 0 unspecified atom stereocenters. The van der Waals surface area contributed by atoms with Crippen LogP contribution in [0.15, 0.2) is 66.2 Å². The van der Waals surface area contributed by atoms with Gasteiger partial charge in [0.15, 0.2) is 0 Å². The Morgan fingerprint density at radius 1 is 1.18 bits per heavy atom. The molecule has 0 bridgehead atoms. The molecule has 1 heterocycles. The van der Waals surface area contributed by atoms with Crippen molar-refractivity contribution < 1.29 is 13.9 Å². The fraction of sp³-hybridized carbons (Fsp3) is 0.182. The second kappa shape index (κ2) is 8.52. The van der Waals surface area contributed by atoms with Crippen molar-refractivity contribution in [3.05, 3.63) is 94.3 Å². The van der Waals surface area contributed by atoms with Crippen LogP contribution in [-0.4, -0.2) is 16.7 Å². The number of aryl methyl sites for hydroxylation is 1. The summed E-state index contributed by atoms with van der Waals surface area (Å²) in [4.78, 5) is 16.9. The first-order valence-corrected chi connectivity index (χ1v) is 8.84. The van der Waals surface area contributed by atoms with Gasteiger partial charge in [-0.25, -0.2) is 9.37 Å². The number of halogens is 1. The molecule has 6 heteroatoms. The van der Waals surface area contributed by atoms with Crippen LogP contribution in [0.1, 0.15) is 23.6 Å². The van der Waals surface area contributed by atoms with Crippen LogP contribution < -0.4 is 10.3 Å². The summed E-state index contributed by atoms with van der Waals surface area (Å²) in [7, 11) is 1.55. The summed E-state index contributed by atoms with van der Waals surface area (Å²) < 4.78 is 25.2. The molecule has 0 N–H and O–H groups in total. The smallest absolute Gasteiger partial charge is 0.261 e. The zero-order valence-corrected chi connectivity index (χ0v) is 15.8. The molecule has 0 aliphatic carbocycles. The van der Waals surface area contributed by atoms with Gasteiger partial charge in [-0.05, 0) is 35.7 Å². The Morgan fingerprint density at radius 3 is 2.57 bits per heavy atom. The minimum Gasteiger partial charge on any atom is -0.497 e. The van der Waals surface area contributed by atoms with Crippen molar-refractivity contribution in [2.45, 2.75) is 20.0 Å². The molecule has 144 valence electrons. The summed E-state index contributed by atoms with van der Waals surface area (Å²) in [6.45, 7) is 6.07. The van der Waals surface area contributed by atoms with E-state index in [1.54, 1.807) is 19.2 Å². The van der Waals surface area contributed by atoms with Crippen LogP contribution in [0, 0.1) is 5.82 Å². The number of aromatic nitrogens is 2.